The standard InChI is InChI=1S/C15H22N2O/c1-16-12-15(9-6-10-15)14(18)17(2)11-13-7-4-3-5-8-13/h3-5,7-8,16H,6,9-12H2,1-2H3. The van der Waals surface area contributed by atoms with Gasteiger partial charge in [-0.25, -0.2) is 0 Å². The van der Waals surface area contributed by atoms with E-state index in [1.807, 2.05) is 37.2 Å². The summed E-state index contributed by atoms with van der Waals surface area (Å²) in [5.41, 5.74) is 1.05. The van der Waals surface area contributed by atoms with Crippen LogP contribution < -0.4 is 5.32 Å². The first kappa shape index (κ1) is 13.1. The Morgan fingerprint density at radius 2 is 2.00 bits per heavy atom. The molecule has 0 aliphatic heterocycles. The number of hydrogen-bond acceptors (Lipinski definition) is 2. The zero-order valence-electron chi connectivity index (χ0n) is 11.3. The van der Waals surface area contributed by atoms with Crippen LogP contribution in [-0.4, -0.2) is 31.4 Å². The second-order valence-electron chi connectivity index (χ2n) is 5.31. The smallest absolute Gasteiger partial charge is 0.230 e. The molecule has 0 bridgehead atoms. The predicted octanol–water partition coefficient (Wildman–Crippen LogP) is 2.03. The normalized spacial score (nSPS) is 17.0. The zero-order valence-corrected chi connectivity index (χ0v) is 11.3. The lowest BCUT2D eigenvalue weighted by molar-refractivity contribution is -0.146. The molecule has 1 aliphatic carbocycles. The summed E-state index contributed by atoms with van der Waals surface area (Å²) in [6.45, 7) is 1.50. The molecule has 3 nitrogen and oxygen atoms in total. The Bertz CT molecular complexity index is 398. The van der Waals surface area contributed by atoms with Gasteiger partial charge in [0, 0.05) is 20.1 Å². The molecule has 0 atom stereocenters. The topological polar surface area (TPSA) is 32.3 Å². The van der Waals surface area contributed by atoms with Gasteiger partial charge in [-0.1, -0.05) is 36.8 Å². The summed E-state index contributed by atoms with van der Waals surface area (Å²) in [4.78, 5) is 14.4. The molecule has 1 aromatic carbocycles. The Labute approximate surface area is 109 Å². The van der Waals surface area contributed by atoms with Gasteiger partial charge in [0.2, 0.25) is 5.91 Å². The first-order valence-corrected chi connectivity index (χ1v) is 6.62. The number of nitrogens with one attached hydrogen (secondary N) is 1. The highest BCUT2D eigenvalue weighted by molar-refractivity contribution is 5.83. The number of carbonyl (C=O) groups is 1. The molecule has 1 amide bonds. The largest absolute Gasteiger partial charge is 0.341 e. The van der Waals surface area contributed by atoms with Crippen LogP contribution in [0.25, 0.3) is 0 Å². The summed E-state index contributed by atoms with van der Waals surface area (Å²) in [6, 6.07) is 10.2. The molecule has 98 valence electrons. The number of rotatable bonds is 5. The molecular formula is C15H22N2O. The molecule has 0 unspecified atom stereocenters. The number of amides is 1. The van der Waals surface area contributed by atoms with E-state index in [4.69, 9.17) is 0 Å². The molecule has 18 heavy (non-hydrogen) atoms. The van der Waals surface area contributed by atoms with Gasteiger partial charge in [-0.3, -0.25) is 4.79 Å². The maximum absolute atomic E-state index is 12.5. The number of nitrogens with zero attached hydrogens (tertiary/aromatic N) is 1. The van der Waals surface area contributed by atoms with Gasteiger partial charge in [0.15, 0.2) is 0 Å². The van der Waals surface area contributed by atoms with Crippen LogP contribution in [0.5, 0.6) is 0 Å². The highest BCUT2D eigenvalue weighted by Gasteiger charge is 2.44. The van der Waals surface area contributed by atoms with Crippen molar-refractivity contribution in [1.82, 2.24) is 10.2 Å². The highest BCUT2D eigenvalue weighted by Crippen LogP contribution is 2.41. The van der Waals surface area contributed by atoms with Gasteiger partial charge in [-0.2, -0.15) is 0 Å². The van der Waals surface area contributed by atoms with Gasteiger partial charge in [0.05, 0.1) is 5.41 Å². The van der Waals surface area contributed by atoms with Gasteiger partial charge in [-0.15, -0.1) is 0 Å². The molecule has 1 saturated carbocycles. The first-order chi connectivity index (χ1) is 8.68. The van der Waals surface area contributed by atoms with E-state index in [0.717, 1.165) is 19.4 Å². The SMILES string of the molecule is CNCC1(C(=O)N(C)Cc2ccccc2)CCC1. The van der Waals surface area contributed by atoms with Crippen molar-refractivity contribution in [1.29, 1.82) is 0 Å². The summed E-state index contributed by atoms with van der Waals surface area (Å²) in [5.74, 6) is 0.284. The van der Waals surface area contributed by atoms with Crippen LogP contribution in [0.15, 0.2) is 30.3 Å². The second-order valence-corrected chi connectivity index (χ2v) is 5.31. The quantitative estimate of drug-likeness (QED) is 0.862. The van der Waals surface area contributed by atoms with Gasteiger partial charge in [0.1, 0.15) is 0 Å². The molecule has 0 spiro atoms. The Balaban J connectivity index is 2.00. The van der Waals surface area contributed by atoms with Crippen molar-refractivity contribution < 1.29 is 4.79 Å². The molecule has 0 radical (unpaired) electrons. The third kappa shape index (κ3) is 2.56. The van der Waals surface area contributed by atoms with Crippen LogP contribution >= 0.6 is 0 Å². The van der Waals surface area contributed by atoms with E-state index in [-0.39, 0.29) is 11.3 Å². The first-order valence-electron chi connectivity index (χ1n) is 6.62. The molecule has 1 aromatic rings. The highest BCUT2D eigenvalue weighted by atomic mass is 16.2. The average Bonchev–Trinajstić information content (AvgIpc) is 2.34. The Kier molecular flexibility index (Phi) is 4.02. The maximum atomic E-state index is 12.5. The van der Waals surface area contributed by atoms with E-state index in [0.29, 0.717) is 6.54 Å². The molecule has 1 aliphatic rings. The molecule has 0 heterocycles. The van der Waals surface area contributed by atoms with Crippen molar-refractivity contribution in [2.45, 2.75) is 25.8 Å². The Hall–Kier alpha value is -1.35. The predicted molar refractivity (Wildman–Crippen MR) is 73.1 cm³/mol. The van der Waals surface area contributed by atoms with E-state index < -0.39 is 0 Å². The van der Waals surface area contributed by atoms with Crippen LogP contribution in [0.2, 0.25) is 0 Å². The maximum Gasteiger partial charge on any atom is 0.230 e. The summed E-state index contributed by atoms with van der Waals surface area (Å²) >= 11 is 0. The third-order valence-corrected chi connectivity index (χ3v) is 3.89. The lowest BCUT2D eigenvalue weighted by Crippen LogP contribution is -2.51. The monoisotopic (exact) mass is 246 g/mol. The van der Waals surface area contributed by atoms with Gasteiger partial charge in [-0.05, 0) is 25.5 Å². The van der Waals surface area contributed by atoms with Crippen LogP contribution in [0.3, 0.4) is 0 Å². The number of benzene rings is 1. The lowest BCUT2D eigenvalue weighted by Gasteiger charge is -2.42. The van der Waals surface area contributed by atoms with Gasteiger partial charge < -0.3 is 10.2 Å². The van der Waals surface area contributed by atoms with E-state index in [9.17, 15) is 4.79 Å². The zero-order chi connectivity index (χ0) is 13.0. The van der Waals surface area contributed by atoms with E-state index in [1.165, 1.54) is 12.0 Å². The fourth-order valence-corrected chi connectivity index (χ4v) is 2.74. The molecule has 0 aromatic heterocycles. The van der Waals surface area contributed by atoms with Crippen molar-refractivity contribution in [2.24, 2.45) is 5.41 Å². The fraction of sp³-hybridized carbons (Fsp3) is 0.533. The summed E-state index contributed by atoms with van der Waals surface area (Å²) in [6.07, 6.45) is 3.21. The summed E-state index contributed by atoms with van der Waals surface area (Å²) < 4.78 is 0. The molecule has 3 heteroatoms. The van der Waals surface area contributed by atoms with Crippen LogP contribution in [0, 0.1) is 5.41 Å². The fourth-order valence-electron chi connectivity index (χ4n) is 2.74. The minimum Gasteiger partial charge on any atom is -0.341 e. The van der Waals surface area contributed by atoms with Crippen molar-refractivity contribution in [3.8, 4) is 0 Å². The molecule has 1 N–H and O–H groups in total. The number of carbonyl (C=O) groups excluding carboxylic acids is 1. The van der Waals surface area contributed by atoms with Crippen LogP contribution in [0.4, 0.5) is 0 Å². The van der Waals surface area contributed by atoms with Crippen molar-refractivity contribution >= 4 is 5.91 Å². The molecular weight excluding hydrogens is 224 g/mol. The average molecular weight is 246 g/mol. The Morgan fingerprint density at radius 1 is 1.33 bits per heavy atom. The second kappa shape index (κ2) is 5.53. The minimum atomic E-state index is -0.141. The Morgan fingerprint density at radius 3 is 2.50 bits per heavy atom. The molecule has 0 saturated heterocycles. The summed E-state index contributed by atoms with van der Waals surface area (Å²) in [7, 11) is 3.83. The summed E-state index contributed by atoms with van der Waals surface area (Å²) in [5, 5.41) is 3.16. The van der Waals surface area contributed by atoms with Crippen molar-refractivity contribution in [2.75, 3.05) is 20.6 Å². The lowest BCUT2D eigenvalue weighted by atomic mass is 9.67. The van der Waals surface area contributed by atoms with E-state index >= 15 is 0 Å². The van der Waals surface area contributed by atoms with Crippen LogP contribution in [0.1, 0.15) is 24.8 Å². The minimum absolute atomic E-state index is 0.141. The number of hydrogen-bond donors (Lipinski definition) is 1. The van der Waals surface area contributed by atoms with Crippen molar-refractivity contribution in [3.63, 3.8) is 0 Å². The van der Waals surface area contributed by atoms with Gasteiger partial charge in [0.25, 0.3) is 0 Å². The molecule has 2 rings (SSSR count). The van der Waals surface area contributed by atoms with Gasteiger partial charge >= 0.3 is 0 Å². The van der Waals surface area contributed by atoms with Crippen molar-refractivity contribution in [3.05, 3.63) is 35.9 Å². The molecule has 1 fully saturated rings. The third-order valence-electron chi connectivity index (χ3n) is 3.89. The van der Waals surface area contributed by atoms with E-state index in [2.05, 4.69) is 17.4 Å². The van der Waals surface area contributed by atoms with E-state index in [1.54, 1.807) is 0 Å². The van der Waals surface area contributed by atoms with Crippen LogP contribution in [-0.2, 0) is 11.3 Å².